The number of para-hydroxylation sites is 1. The van der Waals surface area contributed by atoms with E-state index < -0.39 is 0 Å². The second-order valence-electron chi connectivity index (χ2n) is 7.83. The Morgan fingerprint density at radius 3 is 2.62 bits per heavy atom. The van der Waals surface area contributed by atoms with Gasteiger partial charge in [0.25, 0.3) is 0 Å². The SMILES string of the molecule is CCNC(=NCc1ccc(N2CCCC2)nc1)NC1CCN(c2ccccc2)C1. The van der Waals surface area contributed by atoms with Crippen LogP contribution in [0.2, 0.25) is 0 Å². The summed E-state index contributed by atoms with van der Waals surface area (Å²) < 4.78 is 0. The Hall–Kier alpha value is -2.76. The van der Waals surface area contributed by atoms with Gasteiger partial charge in [-0.1, -0.05) is 24.3 Å². The summed E-state index contributed by atoms with van der Waals surface area (Å²) in [6, 6.07) is 15.3. The molecule has 154 valence electrons. The van der Waals surface area contributed by atoms with Crippen molar-refractivity contribution in [2.24, 2.45) is 4.99 Å². The molecule has 6 heteroatoms. The van der Waals surface area contributed by atoms with E-state index in [-0.39, 0.29) is 0 Å². The summed E-state index contributed by atoms with van der Waals surface area (Å²) in [4.78, 5) is 14.2. The minimum absolute atomic E-state index is 0.406. The Labute approximate surface area is 174 Å². The van der Waals surface area contributed by atoms with Gasteiger partial charge in [-0.2, -0.15) is 0 Å². The smallest absolute Gasteiger partial charge is 0.191 e. The molecule has 3 heterocycles. The number of nitrogens with one attached hydrogen (secondary N) is 2. The molecule has 1 aromatic heterocycles. The van der Waals surface area contributed by atoms with Gasteiger partial charge < -0.3 is 20.4 Å². The van der Waals surface area contributed by atoms with Crippen molar-refractivity contribution in [2.75, 3.05) is 42.5 Å². The summed E-state index contributed by atoms with van der Waals surface area (Å²) in [5.74, 6) is 1.98. The number of rotatable bonds is 6. The molecule has 6 nitrogen and oxygen atoms in total. The molecule has 1 atom stereocenters. The van der Waals surface area contributed by atoms with Crippen LogP contribution < -0.4 is 20.4 Å². The highest BCUT2D eigenvalue weighted by Gasteiger charge is 2.23. The van der Waals surface area contributed by atoms with Crippen molar-refractivity contribution < 1.29 is 0 Å². The standard InChI is InChI=1S/C23H32N6/c1-2-24-23(27-20-12-15-29(18-20)21-8-4-3-5-9-21)26-17-19-10-11-22(25-16-19)28-13-6-7-14-28/h3-5,8-11,16,20H,2,6-7,12-15,17-18H2,1H3,(H2,24,26,27). The molecular formula is C23H32N6. The molecule has 0 bridgehead atoms. The van der Waals surface area contributed by atoms with Crippen molar-refractivity contribution in [3.05, 3.63) is 54.2 Å². The zero-order valence-corrected chi connectivity index (χ0v) is 17.3. The molecule has 4 rings (SSSR count). The number of hydrogen-bond acceptors (Lipinski definition) is 4. The first kappa shape index (κ1) is 19.6. The average molecular weight is 393 g/mol. The molecule has 2 fully saturated rings. The highest BCUT2D eigenvalue weighted by molar-refractivity contribution is 5.80. The average Bonchev–Trinajstić information content (AvgIpc) is 3.46. The van der Waals surface area contributed by atoms with Gasteiger partial charge in [-0.05, 0) is 49.9 Å². The molecule has 1 aromatic carbocycles. The van der Waals surface area contributed by atoms with Crippen LogP contribution in [0.3, 0.4) is 0 Å². The maximum absolute atomic E-state index is 4.79. The zero-order valence-electron chi connectivity index (χ0n) is 17.3. The lowest BCUT2D eigenvalue weighted by Crippen LogP contribution is -2.44. The van der Waals surface area contributed by atoms with Crippen molar-refractivity contribution in [2.45, 2.75) is 38.8 Å². The van der Waals surface area contributed by atoms with Crippen LogP contribution in [0.1, 0.15) is 31.7 Å². The zero-order chi connectivity index (χ0) is 19.9. The van der Waals surface area contributed by atoms with Crippen LogP contribution in [-0.2, 0) is 6.54 Å². The fraction of sp³-hybridized carbons (Fsp3) is 0.478. The van der Waals surface area contributed by atoms with E-state index in [0.29, 0.717) is 12.6 Å². The minimum Gasteiger partial charge on any atom is -0.369 e. The van der Waals surface area contributed by atoms with Crippen molar-refractivity contribution in [3.8, 4) is 0 Å². The minimum atomic E-state index is 0.406. The lowest BCUT2D eigenvalue weighted by atomic mass is 10.2. The van der Waals surface area contributed by atoms with Crippen molar-refractivity contribution >= 4 is 17.5 Å². The van der Waals surface area contributed by atoms with Crippen molar-refractivity contribution in [1.82, 2.24) is 15.6 Å². The number of pyridine rings is 1. The van der Waals surface area contributed by atoms with Crippen LogP contribution in [0.5, 0.6) is 0 Å². The van der Waals surface area contributed by atoms with Gasteiger partial charge in [-0.3, -0.25) is 0 Å². The molecule has 2 aliphatic heterocycles. The summed E-state index contributed by atoms with van der Waals surface area (Å²) in [6.45, 7) is 7.92. The van der Waals surface area contributed by atoms with Gasteiger partial charge >= 0.3 is 0 Å². The summed E-state index contributed by atoms with van der Waals surface area (Å²) in [7, 11) is 0. The van der Waals surface area contributed by atoms with Gasteiger partial charge in [0, 0.05) is 50.6 Å². The molecule has 2 saturated heterocycles. The Balaban J connectivity index is 1.33. The number of hydrogen-bond donors (Lipinski definition) is 2. The van der Waals surface area contributed by atoms with E-state index in [0.717, 1.165) is 56.5 Å². The lowest BCUT2D eigenvalue weighted by molar-refractivity contribution is 0.649. The molecule has 1 unspecified atom stereocenters. The molecule has 2 aromatic rings. The predicted molar refractivity (Wildman–Crippen MR) is 121 cm³/mol. The molecule has 0 spiro atoms. The van der Waals surface area contributed by atoms with Gasteiger partial charge in [-0.25, -0.2) is 9.98 Å². The van der Waals surface area contributed by atoms with Gasteiger partial charge in [0.2, 0.25) is 0 Å². The van der Waals surface area contributed by atoms with Crippen molar-refractivity contribution in [1.29, 1.82) is 0 Å². The van der Waals surface area contributed by atoms with Gasteiger partial charge in [-0.15, -0.1) is 0 Å². The third-order valence-electron chi connectivity index (χ3n) is 5.65. The Bertz CT molecular complexity index is 783. The second-order valence-corrected chi connectivity index (χ2v) is 7.83. The fourth-order valence-electron chi connectivity index (χ4n) is 4.08. The number of aromatic nitrogens is 1. The van der Waals surface area contributed by atoms with Gasteiger partial charge in [0.15, 0.2) is 5.96 Å². The highest BCUT2D eigenvalue weighted by Crippen LogP contribution is 2.20. The largest absolute Gasteiger partial charge is 0.369 e. The third kappa shape index (κ3) is 5.19. The number of benzene rings is 1. The third-order valence-corrected chi connectivity index (χ3v) is 5.65. The van der Waals surface area contributed by atoms with E-state index >= 15 is 0 Å². The molecule has 0 radical (unpaired) electrons. The number of guanidine groups is 1. The first-order chi connectivity index (χ1) is 14.3. The van der Waals surface area contributed by atoms with E-state index in [1.54, 1.807) is 0 Å². The summed E-state index contributed by atoms with van der Waals surface area (Å²) in [5, 5.41) is 6.99. The molecule has 2 N–H and O–H groups in total. The van der Waals surface area contributed by atoms with Crippen LogP contribution in [0.15, 0.2) is 53.7 Å². The highest BCUT2D eigenvalue weighted by atomic mass is 15.2. The van der Waals surface area contributed by atoms with Gasteiger partial charge in [0.1, 0.15) is 5.82 Å². The Morgan fingerprint density at radius 1 is 1.07 bits per heavy atom. The molecular weight excluding hydrogens is 360 g/mol. The van der Waals surface area contributed by atoms with E-state index in [9.17, 15) is 0 Å². The van der Waals surface area contributed by atoms with E-state index in [1.807, 2.05) is 6.20 Å². The van der Waals surface area contributed by atoms with Crippen LogP contribution in [0.25, 0.3) is 0 Å². The van der Waals surface area contributed by atoms with Crippen LogP contribution in [0, 0.1) is 0 Å². The van der Waals surface area contributed by atoms with E-state index in [2.05, 4.69) is 74.8 Å². The molecule has 0 amide bonds. The summed E-state index contributed by atoms with van der Waals surface area (Å²) in [5.41, 5.74) is 2.44. The Morgan fingerprint density at radius 2 is 1.90 bits per heavy atom. The molecule has 29 heavy (non-hydrogen) atoms. The summed E-state index contributed by atoms with van der Waals surface area (Å²) in [6.07, 6.45) is 5.63. The van der Waals surface area contributed by atoms with E-state index in [1.165, 1.54) is 18.5 Å². The second kappa shape index (κ2) is 9.63. The number of aliphatic imine (C=N–C) groups is 1. The molecule has 0 aliphatic carbocycles. The van der Waals surface area contributed by atoms with E-state index in [4.69, 9.17) is 4.99 Å². The van der Waals surface area contributed by atoms with Gasteiger partial charge in [0.05, 0.1) is 6.54 Å². The maximum Gasteiger partial charge on any atom is 0.191 e. The first-order valence-corrected chi connectivity index (χ1v) is 10.9. The number of anilines is 2. The quantitative estimate of drug-likeness (QED) is 0.585. The molecule has 0 saturated carbocycles. The topological polar surface area (TPSA) is 55.8 Å². The normalized spacial score (nSPS) is 19.6. The number of nitrogens with zero attached hydrogens (tertiary/aromatic N) is 4. The van der Waals surface area contributed by atoms with Crippen LogP contribution in [-0.4, -0.2) is 49.7 Å². The molecule has 2 aliphatic rings. The lowest BCUT2D eigenvalue weighted by Gasteiger charge is -2.20. The predicted octanol–water partition coefficient (Wildman–Crippen LogP) is 3.02. The first-order valence-electron chi connectivity index (χ1n) is 10.9. The fourth-order valence-corrected chi connectivity index (χ4v) is 4.08. The van der Waals surface area contributed by atoms with Crippen molar-refractivity contribution in [3.63, 3.8) is 0 Å². The Kier molecular flexibility index (Phi) is 6.49. The monoisotopic (exact) mass is 392 g/mol. The van der Waals surface area contributed by atoms with Crippen LogP contribution >= 0.6 is 0 Å². The van der Waals surface area contributed by atoms with Crippen LogP contribution in [0.4, 0.5) is 11.5 Å². The summed E-state index contributed by atoms with van der Waals surface area (Å²) >= 11 is 0. The maximum atomic E-state index is 4.79.